The molecule has 8 heteroatoms. The molecule has 0 fully saturated rings. The highest BCUT2D eigenvalue weighted by Crippen LogP contribution is 2.13. The van der Waals surface area contributed by atoms with Crippen LogP contribution in [0.25, 0.3) is 0 Å². The Morgan fingerprint density at radius 2 is 2.10 bits per heavy atom. The van der Waals surface area contributed by atoms with Crippen LogP contribution in [0, 0.1) is 3.57 Å². The van der Waals surface area contributed by atoms with Gasteiger partial charge in [0.1, 0.15) is 6.04 Å². The van der Waals surface area contributed by atoms with E-state index in [4.69, 9.17) is 5.11 Å². The number of aliphatic carboxylic acids is 1. The molecular weight excluding hydrogens is 407 g/mol. The number of amides is 2. The maximum atomic E-state index is 11.7. The van der Waals surface area contributed by atoms with Crippen molar-refractivity contribution in [3.63, 3.8) is 0 Å². The molecule has 1 rings (SSSR count). The minimum Gasteiger partial charge on any atom is -0.480 e. The zero-order chi connectivity index (χ0) is 15.8. The van der Waals surface area contributed by atoms with Crippen molar-refractivity contribution in [3.05, 3.63) is 27.8 Å². The van der Waals surface area contributed by atoms with Crippen molar-refractivity contribution in [2.45, 2.75) is 13.0 Å². The average Bonchev–Trinajstić information content (AvgIpc) is 2.36. The maximum Gasteiger partial charge on any atom is 0.327 e. The van der Waals surface area contributed by atoms with Crippen molar-refractivity contribution in [1.29, 1.82) is 0 Å². The van der Waals surface area contributed by atoms with Gasteiger partial charge in [0.25, 0.3) is 0 Å². The van der Waals surface area contributed by atoms with Crippen LogP contribution in [-0.4, -0.2) is 40.4 Å². The number of halogens is 1. The number of carboxylic acid groups (broad SMARTS) is 1. The molecule has 0 heterocycles. The second-order valence-corrected chi connectivity index (χ2v) is 6.44. The minimum absolute atomic E-state index is 0.120. The Morgan fingerprint density at radius 1 is 1.38 bits per heavy atom. The van der Waals surface area contributed by atoms with Crippen LogP contribution < -0.4 is 10.6 Å². The Bertz CT molecular complexity index is 539. The molecule has 0 bridgehead atoms. The van der Waals surface area contributed by atoms with E-state index in [-0.39, 0.29) is 17.4 Å². The van der Waals surface area contributed by atoms with Crippen LogP contribution in [0.4, 0.5) is 5.69 Å². The summed E-state index contributed by atoms with van der Waals surface area (Å²) in [5.41, 5.74) is 0.698. The molecule has 0 spiro atoms. The highest BCUT2D eigenvalue weighted by Gasteiger charge is 2.18. The summed E-state index contributed by atoms with van der Waals surface area (Å²) in [5, 5.41) is 14.0. The first kappa shape index (κ1) is 17.8. The summed E-state index contributed by atoms with van der Waals surface area (Å²) in [6, 6.07) is 6.37. The normalized spacial score (nSPS) is 11.5. The largest absolute Gasteiger partial charge is 0.480 e. The maximum absolute atomic E-state index is 11.7. The van der Waals surface area contributed by atoms with Crippen LogP contribution in [0.15, 0.2) is 24.3 Å². The predicted octanol–water partition coefficient (Wildman–Crippen LogP) is 1.55. The van der Waals surface area contributed by atoms with Crippen LogP contribution in [0.3, 0.4) is 0 Å². The highest BCUT2D eigenvalue weighted by atomic mass is 127. The van der Waals surface area contributed by atoms with Gasteiger partial charge in [-0.05, 0) is 40.8 Å². The Hall–Kier alpha value is -1.29. The van der Waals surface area contributed by atoms with Crippen molar-refractivity contribution in [2.24, 2.45) is 0 Å². The van der Waals surface area contributed by atoms with Gasteiger partial charge in [0, 0.05) is 21.9 Å². The summed E-state index contributed by atoms with van der Waals surface area (Å²) in [4.78, 5) is 33.5. The van der Waals surface area contributed by atoms with Crippen molar-refractivity contribution < 1.29 is 19.5 Å². The topological polar surface area (TPSA) is 95.5 Å². The predicted molar refractivity (Wildman–Crippen MR) is 90.4 cm³/mol. The molecule has 0 aliphatic carbocycles. The number of carbonyl (C=O) groups excluding carboxylic acids is 2. The van der Waals surface area contributed by atoms with Crippen LogP contribution in [0.2, 0.25) is 0 Å². The van der Waals surface area contributed by atoms with Crippen LogP contribution in [0.1, 0.15) is 6.92 Å². The lowest BCUT2D eigenvalue weighted by molar-refractivity contribution is -0.140. The van der Waals surface area contributed by atoms with Crippen LogP contribution >= 0.6 is 34.4 Å². The molecular formula is C13H15IN2O4S. The summed E-state index contributed by atoms with van der Waals surface area (Å²) < 4.78 is 1.01. The second-order valence-electron chi connectivity index (χ2n) is 4.16. The first-order valence-corrected chi connectivity index (χ1v) is 8.25. The van der Waals surface area contributed by atoms with Crippen molar-refractivity contribution >= 4 is 57.8 Å². The van der Waals surface area contributed by atoms with Gasteiger partial charge in [-0.25, -0.2) is 4.79 Å². The Morgan fingerprint density at radius 3 is 2.67 bits per heavy atom. The fourth-order valence-electron chi connectivity index (χ4n) is 1.45. The monoisotopic (exact) mass is 422 g/mol. The van der Waals surface area contributed by atoms with Crippen molar-refractivity contribution in [1.82, 2.24) is 5.32 Å². The van der Waals surface area contributed by atoms with E-state index in [1.54, 1.807) is 6.07 Å². The number of carbonyl (C=O) groups is 3. The molecule has 6 nitrogen and oxygen atoms in total. The fourth-order valence-corrected chi connectivity index (χ4v) is 2.83. The van der Waals surface area contributed by atoms with E-state index in [2.05, 4.69) is 33.2 Å². The molecule has 0 aliphatic rings. The molecule has 1 unspecified atom stereocenters. The molecule has 1 aromatic rings. The first-order chi connectivity index (χ1) is 9.88. The number of carboxylic acids is 1. The van der Waals surface area contributed by atoms with Crippen LogP contribution in [0.5, 0.6) is 0 Å². The summed E-state index contributed by atoms with van der Waals surface area (Å²) in [6.45, 7) is 1.25. The molecule has 3 N–H and O–H groups in total. The number of hydrogen-bond donors (Lipinski definition) is 3. The molecule has 21 heavy (non-hydrogen) atoms. The van der Waals surface area contributed by atoms with E-state index >= 15 is 0 Å². The van der Waals surface area contributed by atoms with Gasteiger partial charge in [0.15, 0.2) is 0 Å². The molecule has 1 aromatic carbocycles. The SMILES string of the molecule is CC(=O)NC(CSCC(=O)Nc1cccc(I)c1)C(=O)O. The van der Waals surface area contributed by atoms with E-state index < -0.39 is 17.9 Å². The standard InChI is InChI=1S/C13H15IN2O4S/c1-8(17)15-11(13(19)20)6-21-7-12(18)16-10-4-2-3-9(14)5-10/h2-5,11H,6-7H2,1H3,(H,15,17)(H,16,18)(H,19,20). The van der Waals surface area contributed by atoms with E-state index in [1.165, 1.54) is 6.92 Å². The Balaban J connectivity index is 2.38. The molecule has 114 valence electrons. The number of thioether (sulfide) groups is 1. The third-order valence-corrected chi connectivity index (χ3v) is 4.01. The summed E-state index contributed by atoms with van der Waals surface area (Å²) in [7, 11) is 0. The van der Waals surface area contributed by atoms with E-state index in [0.29, 0.717) is 5.69 Å². The number of rotatable bonds is 7. The summed E-state index contributed by atoms with van der Waals surface area (Å²) in [6.07, 6.45) is 0. The lowest BCUT2D eigenvalue weighted by Crippen LogP contribution is -2.41. The molecule has 0 saturated carbocycles. The quantitative estimate of drug-likeness (QED) is 0.580. The van der Waals surface area contributed by atoms with Crippen LogP contribution in [-0.2, 0) is 14.4 Å². The van der Waals surface area contributed by atoms with E-state index in [1.807, 2.05) is 18.2 Å². The third kappa shape index (κ3) is 7.32. The number of anilines is 1. The van der Waals surface area contributed by atoms with Gasteiger partial charge in [0.2, 0.25) is 11.8 Å². The molecule has 0 saturated heterocycles. The van der Waals surface area contributed by atoms with Gasteiger partial charge in [-0.3, -0.25) is 9.59 Å². The molecule has 0 radical (unpaired) electrons. The average molecular weight is 422 g/mol. The van der Waals surface area contributed by atoms with Gasteiger partial charge in [-0.2, -0.15) is 0 Å². The first-order valence-electron chi connectivity index (χ1n) is 6.01. The van der Waals surface area contributed by atoms with Crippen molar-refractivity contribution in [3.8, 4) is 0 Å². The molecule has 0 aliphatic heterocycles. The summed E-state index contributed by atoms with van der Waals surface area (Å²) in [5.74, 6) is -1.49. The second kappa shape index (κ2) is 8.88. The van der Waals surface area contributed by atoms with Gasteiger partial charge in [-0.15, -0.1) is 11.8 Å². The number of nitrogens with one attached hydrogen (secondary N) is 2. The zero-order valence-electron chi connectivity index (χ0n) is 11.3. The smallest absolute Gasteiger partial charge is 0.327 e. The molecule has 0 aromatic heterocycles. The van der Waals surface area contributed by atoms with Crippen molar-refractivity contribution in [2.75, 3.05) is 16.8 Å². The number of benzene rings is 1. The minimum atomic E-state index is -1.12. The lowest BCUT2D eigenvalue weighted by Gasteiger charge is -2.12. The fraction of sp³-hybridized carbons (Fsp3) is 0.308. The van der Waals surface area contributed by atoms with Gasteiger partial charge in [-0.1, -0.05) is 6.07 Å². The Labute approximate surface area is 140 Å². The Kier molecular flexibility index (Phi) is 7.51. The number of hydrogen-bond acceptors (Lipinski definition) is 4. The molecule has 2 amide bonds. The van der Waals surface area contributed by atoms with Gasteiger partial charge >= 0.3 is 5.97 Å². The zero-order valence-corrected chi connectivity index (χ0v) is 14.2. The van der Waals surface area contributed by atoms with Gasteiger partial charge < -0.3 is 15.7 Å². The van der Waals surface area contributed by atoms with E-state index in [0.717, 1.165) is 15.3 Å². The molecule has 1 atom stereocenters. The van der Waals surface area contributed by atoms with Gasteiger partial charge in [0.05, 0.1) is 5.75 Å². The highest BCUT2D eigenvalue weighted by molar-refractivity contribution is 14.1. The third-order valence-electron chi connectivity index (χ3n) is 2.30. The lowest BCUT2D eigenvalue weighted by atomic mass is 10.3. The summed E-state index contributed by atoms with van der Waals surface area (Å²) >= 11 is 3.30. The van der Waals surface area contributed by atoms with E-state index in [9.17, 15) is 14.4 Å².